The summed E-state index contributed by atoms with van der Waals surface area (Å²) in [6, 6.07) is 10.1. The van der Waals surface area contributed by atoms with E-state index in [0.717, 1.165) is 43.2 Å². The largest absolute Gasteiger partial charge is 0.378 e. The average molecular weight is 358 g/mol. The predicted molar refractivity (Wildman–Crippen MR) is 97.6 cm³/mol. The lowest BCUT2D eigenvalue weighted by Crippen LogP contribution is -2.37. The third kappa shape index (κ3) is 5.42. The van der Waals surface area contributed by atoms with Crippen LogP contribution in [-0.2, 0) is 17.7 Å². The van der Waals surface area contributed by atoms with Crippen molar-refractivity contribution in [2.75, 3.05) is 37.7 Å². The van der Waals surface area contributed by atoms with E-state index in [0.29, 0.717) is 19.5 Å². The molecular weight excluding hydrogens is 335 g/mol. The first-order valence-corrected chi connectivity index (χ1v) is 8.74. The van der Waals surface area contributed by atoms with Gasteiger partial charge in [0.15, 0.2) is 0 Å². The SMILES string of the molecule is O=C(NCCc1cccc(F)c1)NCc1ccc(N2CCOCC2)nc1. The third-order valence-corrected chi connectivity index (χ3v) is 4.19. The molecule has 7 heteroatoms. The maximum Gasteiger partial charge on any atom is 0.315 e. The van der Waals surface area contributed by atoms with Crippen LogP contribution >= 0.6 is 0 Å². The van der Waals surface area contributed by atoms with Crippen molar-refractivity contribution in [1.82, 2.24) is 15.6 Å². The molecule has 2 aromatic rings. The van der Waals surface area contributed by atoms with Gasteiger partial charge in [0.1, 0.15) is 11.6 Å². The Kier molecular flexibility index (Phi) is 6.38. The highest BCUT2D eigenvalue weighted by molar-refractivity contribution is 5.73. The summed E-state index contributed by atoms with van der Waals surface area (Å²) in [7, 11) is 0. The van der Waals surface area contributed by atoms with Gasteiger partial charge in [0.2, 0.25) is 0 Å². The quantitative estimate of drug-likeness (QED) is 0.830. The molecule has 138 valence electrons. The van der Waals surface area contributed by atoms with Crippen molar-refractivity contribution < 1.29 is 13.9 Å². The van der Waals surface area contributed by atoms with Gasteiger partial charge >= 0.3 is 6.03 Å². The number of benzene rings is 1. The molecular formula is C19H23FN4O2. The van der Waals surface area contributed by atoms with Gasteiger partial charge in [0, 0.05) is 32.4 Å². The molecule has 1 aromatic carbocycles. The molecule has 3 rings (SSSR count). The van der Waals surface area contributed by atoms with Gasteiger partial charge in [-0.25, -0.2) is 14.2 Å². The number of hydrogen-bond acceptors (Lipinski definition) is 4. The van der Waals surface area contributed by atoms with Crippen molar-refractivity contribution in [1.29, 1.82) is 0 Å². The molecule has 2 heterocycles. The number of halogens is 1. The van der Waals surface area contributed by atoms with Gasteiger partial charge in [0.25, 0.3) is 0 Å². The van der Waals surface area contributed by atoms with Crippen LogP contribution in [0.15, 0.2) is 42.6 Å². The topological polar surface area (TPSA) is 66.5 Å². The average Bonchev–Trinajstić information content (AvgIpc) is 2.68. The lowest BCUT2D eigenvalue weighted by atomic mass is 10.1. The Morgan fingerprint density at radius 2 is 2.00 bits per heavy atom. The molecule has 0 radical (unpaired) electrons. The van der Waals surface area contributed by atoms with Gasteiger partial charge in [-0.3, -0.25) is 0 Å². The van der Waals surface area contributed by atoms with E-state index in [2.05, 4.69) is 20.5 Å². The predicted octanol–water partition coefficient (Wildman–Crippen LogP) is 2.10. The molecule has 0 unspecified atom stereocenters. The number of morpholine rings is 1. The van der Waals surface area contributed by atoms with Crippen molar-refractivity contribution in [3.8, 4) is 0 Å². The van der Waals surface area contributed by atoms with Gasteiger partial charge < -0.3 is 20.3 Å². The first-order valence-electron chi connectivity index (χ1n) is 8.74. The number of ether oxygens (including phenoxy) is 1. The zero-order chi connectivity index (χ0) is 18.2. The van der Waals surface area contributed by atoms with Crippen LogP contribution in [0.5, 0.6) is 0 Å². The monoisotopic (exact) mass is 358 g/mol. The zero-order valence-electron chi connectivity index (χ0n) is 14.6. The van der Waals surface area contributed by atoms with E-state index in [9.17, 15) is 9.18 Å². The molecule has 1 aliphatic rings. The number of carbonyl (C=O) groups excluding carboxylic acids is 1. The van der Waals surface area contributed by atoms with Crippen LogP contribution in [0.4, 0.5) is 15.0 Å². The number of urea groups is 1. The van der Waals surface area contributed by atoms with Crippen molar-refractivity contribution in [2.24, 2.45) is 0 Å². The standard InChI is InChI=1S/C19H23FN4O2/c20-17-3-1-2-15(12-17)6-7-21-19(25)23-14-16-4-5-18(22-13-16)24-8-10-26-11-9-24/h1-5,12-13H,6-11,14H2,(H2,21,23,25). The van der Waals surface area contributed by atoms with Gasteiger partial charge in [-0.1, -0.05) is 18.2 Å². The molecule has 2 N–H and O–H groups in total. The highest BCUT2D eigenvalue weighted by atomic mass is 19.1. The maximum absolute atomic E-state index is 13.1. The number of pyridine rings is 1. The minimum Gasteiger partial charge on any atom is -0.378 e. The van der Waals surface area contributed by atoms with Gasteiger partial charge in [-0.15, -0.1) is 0 Å². The molecule has 0 spiro atoms. The summed E-state index contributed by atoms with van der Waals surface area (Å²) in [5.74, 6) is 0.663. The number of nitrogens with one attached hydrogen (secondary N) is 2. The van der Waals surface area contributed by atoms with E-state index in [1.807, 2.05) is 18.2 Å². The van der Waals surface area contributed by atoms with Gasteiger partial charge in [-0.2, -0.15) is 0 Å². The number of carbonyl (C=O) groups is 1. The van der Waals surface area contributed by atoms with Gasteiger partial charge in [0.05, 0.1) is 13.2 Å². The maximum atomic E-state index is 13.1. The Morgan fingerprint density at radius 1 is 1.15 bits per heavy atom. The highest BCUT2D eigenvalue weighted by Gasteiger charge is 2.12. The molecule has 1 fully saturated rings. The Labute approximate surface area is 152 Å². The second-order valence-electron chi connectivity index (χ2n) is 6.11. The fourth-order valence-electron chi connectivity index (χ4n) is 2.76. The second kappa shape index (κ2) is 9.15. The Hall–Kier alpha value is -2.67. The lowest BCUT2D eigenvalue weighted by molar-refractivity contribution is 0.122. The minimum absolute atomic E-state index is 0.251. The second-order valence-corrected chi connectivity index (χ2v) is 6.11. The van der Waals surface area contributed by atoms with E-state index in [4.69, 9.17) is 4.74 Å². The van der Waals surface area contributed by atoms with Crippen LogP contribution in [0.2, 0.25) is 0 Å². The molecule has 1 aromatic heterocycles. The van der Waals surface area contributed by atoms with E-state index >= 15 is 0 Å². The number of nitrogens with zero attached hydrogens (tertiary/aromatic N) is 2. The van der Waals surface area contributed by atoms with Crippen LogP contribution < -0.4 is 15.5 Å². The fourth-order valence-corrected chi connectivity index (χ4v) is 2.76. The fraction of sp³-hybridized carbons (Fsp3) is 0.368. The van der Waals surface area contributed by atoms with E-state index in [1.54, 1.807) is 12.3 Å². The normalized spacial score (nSPS) is 14.1. The van der Waals surface area contributed by atoms with Crippen LogP contribution in [0.1, 0.15) is 11.1 Å². The first kappa shape index (κ1) is 18.1. The minimum atomic E-state index is -0.264. The Balaban J connectivity index is 1.38. The third-order valence-electron chi connectivity index (χ3n) is 4.19. The summed E-state index contributed by atoms with van der Waals surface area (Å²) in [6.45, 7) is 3.99. The number of hydrogen-bond donors (Lipinski definition) is 2. The molecule has 0 saturated carbocycles. The van der Waals surface area contributed by atoms with E-state index < -0.39 is 0 Å². The molecule has 0 aliphatic carbocycles. The summed E-state index contributed by atoms with van der Waals surface area (Å²) in [5, 5.41) is 5.57. The Bertz CT molecular complexity index is 718. The summed E-state index contributed by atoms with van der Waals surface area (Å²) < 4.78 is 18.4. The van der Waals surface area contributed by atoms with E-state index in [1.165, 1.54) is 12.1 Å². The smallest absolute Gasteiger partial charge is 0.315 e. The number of rotatable bonds is 6. The number of aromatic nitrogens is 1. The van der Waals surface area contributed by atoms with Crippen LogP contribution in [-0.4, -0.2) is 43.9 Å². The highest BCUT2D eigenvalue weighted by Crippen LogP contribution is 2.12. The molecule has 0 bridgehead atoms. The molecule has 26 heavy (non-hydrogen) atoms. The molecule has 1 aliphatic heterocycles. The van der Waals surface area contributed by atoms with Crippen molar-refractivity contribution in [3.63, 3.8) is 0 Å². The van der Waals surface area contributed by atoms with E-state index in [-0.39, 0.29) is 11.8 Å². The summed E-state index contributed by atoms with van der Waals surface area (Å²) in [4.78, 5) is 18.5. The number of amides is 2. The molecule has 1 saturated heterocycles. The lowest BCUT2D eigenvalue weighted by Gasteiger charge is -2.27. The Morgan fingerprint density at radius 3 is 2.73 bits per heavy atom. The molecule has 2 amide bonds. The van der Waals surface area contributed by atoms with Crippen LogP contribution in [0.3, 0.4) is 0 Å². The van der Waals surface area contributed by atoms with Crippen molar-refractivity contribution in [3.05, 3.63) is 59.5 Å². The summed E-state index contributed by atoms with van der Waals surface area (Å²) >= 11 is 0. The molecule has 0 atom stereocenters. The van der Waals surface area contributed by atoms with Gasteiger partial charge in [-0.05, 0) is 35.7 Å². The summed E-state index contributed by atoms with van der Waals surface area (Å²) in [5.41, 5.74) is 1.79. The zero-order valence-corrected chi connectivity index (χ0v) is 14.6. The van der Waals surface area contributed by atoms with Crippen LogP contribution in [0, 0.1) is 5.82 Å². The van der Waals surface area contributed by atoms with Crippen molar-refractivity contribution in [2.45, 2.75) is 13.0 Å². The van der Waals surface area contributed by atoms with Crippen LogP contribution in [0.25, 0.3) is 0 Å². The summed E-state index contributed by atoms with van der Waals surface area (Å²) in [6.07, 6.45) is 2.36. The van der Waals surface area contributed by atoms with Crippen molar-refractivity contribution >= 4 is 11.8 Å². The number of anilines is 1. The molecule has 6 nitrogen and oxygen atoms in total. The first-order chi connectivity index (χ1) is 12.7.